The molecule has 1 N–H and O–H groups in total. The van der Waals surface area contributed by atoms with Gasteiger partial charge in [-0.15, -0.1) is 0 Å². The van der Waals surface area contributed by atoms with Gasteiger partial charge < -0.3 is 19.4 Å². The lowest BCUT2D eigenvalue weighted by Gasteiger charge is -2.26. The average molecular weight is 550 g/mol. The number of aryl methyl sites for hydroxylation is 2. The first kappa shape index (κ1) is 25.2. The quantitative estimate of drug-likeness (QED) is 0.205. The summed E-state index contributed by atoms with van der Waals surface area (Å²) in [4.78, 5) is 7.86. The minimum atomic E-state index is -0.219. The van der Waals surface area contributed by atoms with Crippen molar-refractivity contribution in [3.63, 3.8) is 0 Å². The van der Waals surface area contributed by atoms with Gasteiger partial charge >= 0.3 is 0 Å². The Bertz CT molecular complexity index is 1570. The molecule has 0 spiro atoms. The molecule has 0 bridgehead atoms. The van der Waals surface area contributed by atoms with E-state index in [1.807, 2.05) is 78.9 Å². The first-order valence-electron chi connectivity index (χ1n) is 12.7. The zero-order chi connectivity index (χ0) is 26.8. The Labute approximate surface area is 237 Å². The molecular weight excluding hydrogens is 523 g/mol. The summed E-state index contributed by atoms with van der Waals surface area (Å²) in [6.45, 7) is 4.15. The molecule has 1 saturated heterocycles. The molecule has 2 aromatic heterocycles. The second-order valence-electron chi connectivity index (χ2n) is 9.48. The summed E-state index contributed by atoms with van der Waals surface area (Å²) in [6.07, 6.45) is 1.80. The fourth-order valence-corrected chi connectivity index (χ4v) is 5.73. The van der Waals surface area contributed by atoms with Gasteiger partial charge in [-0.25, -0.2) is 0 Å². The lowest BCUT2D eigenvalue weighted by molar-refractivity contribution is 0.383. The predicted octanol–water partition coefficient (Wildman–Crippen LogP) is 8.41. The third-order valence-electron chi connectivity index (χ3n) is 6.60. The van der Waals surface area contributed by atoms with Crippen molar-refractivity contribution < 1.29 is 9.15 Å². The number of pyridine rings is 1. The molecule has 1 aliphatic heterocycles. The maximum atomic E-state index is 6.44. The summed E-state index contributed by atoms with van der Waals surface area (Å²) >= 11 is 7.46. The van der Waals surface area contributed by atoms with Crippen LogP contribution in [-0.2, 0) is 0 Å². The predicted molar refractivity (Wildman–Crippen MR) is 160 cm³/mol. The molecular formula is C32H27N3O2S2. The van der Waals surface area contributed by atoms with Gasteiger partial charge in [-0.2, -0.15) is 0 Å². The van der Waals surface area contributed by atoms with Crippen LogP contribution in [0.4, 0.5) is 5.69 Å². The van der Waals surface area contributed by atoms with Crippen LogP contribution in [0.2, 0.25) is 0 Å². The van der Waals surface area contributed by atoms with E-state index in [1.54, 1.807) is 18.0 Å². The maximum Gasteiger partial charge on any atom is 0.174 e. The largest absolute Gasteiger partial charge is 0.457 e. The number of thiocarbonyl (C=S) groups is 1. The normalized spacial score (nSPS) is 16.8. The van der Waals surface area contributed by atoms with E-state index in [9.17, 15) is 0 Å². The smallest absolute Gasteiger partial charge is 0.174 e. The molecule has 1 aliphatic rings. The van der Waals surface area contributed by atoms with Gasteiger partial charge in [-0.1, -0.05) is 53.2 Å². The van der Waals surface area contributed by atoms with Crippen LogP contribution in [0.25, 0.3) is 0 Å². The Balaban J connectivity index is 1.30. The van der Waals surface area contributed by atoms with E-state index in [4.69, 9.17) is 21.4 Å². The molecule has 1 fully saturated rings. The standard InChI is InChI=1S/C32H27N3O2S2/c1-21-6-12-24(13-7-21)36-25-14-10-23(11-15-25)35-31(30(34-32(35)38)27-5-3-4-20-33-27)28-18-19-29(37-28)39-26-16-8-22(2)9-17-26/h3-20,30-31H,1-2H3,(H,34,38)/t30-,31-/m0/s1. The number of hydrogen-bond acceptors (Lipinski definition) is 5. The lowest BCUT2D eigenvalue weighted by atomic mass is 10.0. The van der Waals surface area contributed by atoms with E-state index in [-0.39, 0.29) is 12.1 Å². The summed E-state index contributed by atoms with van der Waals surface area (Å²) in [6, 6.07) is 34.0. The van der Waals surface area contributed by atoms with E-state index in [0.717, 1.165) is 38.6 Å². The molecule has 5 aromatic rings. The van der Waals surface area contributed by atoms with Crippen LogP contribution in [0.15, 0.2) is 124 Å². The highest BCUT2D eigenvalue weighted by molar-refractivity contribution is 7.99. The van der Waals surface area contributed by atoms with Gasteiger partial charge in [0.15, 0.2) is 10.2 Å². The zero-order valence-electron chi connectivity index (χ0n) is 21.6. The number of anilines is 1. The highest BCUT2D eigenvalue weighted by Crippen LogP contribution is 2.43. The monoisotopic (exact) mass is 549 g/mol. The Morgan fingerprint density at radius 1 is 0.821 bits per heavy atom. The number of nitrogens with zero attached hydrogens (tertiary/aromatic N) is 2. The lowest BCUT2D eigenvalue weighted by Crippen LogP contribution is -2.29. The topological polar surface area (TPSA) is 50.5 Å². The number of furan rings is 1. The third-order valence-corrected chi connectivity index (χ3v) is 7.85. The van der Waals surface area contributed by atoms with Crippen LogP contribution in [0.1, 0.15) is 34.7 Å². The number of nitrogens with one attached hydrogen (secondary N) is 1. The van der Waals surface area contributed by atoms with Crippen molar-refractivity contribution in [3.05, 3.63) is 132 Å². The van der Waals surface area contributed by atoms with E-state index >= 15 is 0 Å². The molecule has 2 atom stereocenters. The van der Waals surface area contributed by atoms with Crippen molar-refractivity contribution in [1.82, 2.24) is 10.3 Å². The molecule has 194 valence electrons. The Morgan fingerprint density at radius 2 is 1.49 bits per heavy atom. The minimum absolute atomic E-state index is 0.175. The van der Waals surface area contributed by atoms with Crippen LogP contribution in [0.5, 0.6) is 11.5 Å². The molecule has 3 aromatic carbocycles. The van der Waals surface area contributed by atoms with E-state index in [1.165, 1.54) is 11.1 Å². The second-order valence-corrected chi connectivity index (χ2v) is 10.9. The van der Waals surface area contributed by atoms with Crippen LogP contribution in [-0.4, -0.2) is 10.1 Å². The molecule has 0 radical (unpaired) electrons. The molecule has 0 amide bonds. The van der Waals surface area contributed by atoms with Crippen LogP contribution in [0, 0.1) is 13.8 Å². The van der Waals surface area contributed by atoms with Crippen molar-refractivity contribution >= 4 is 34.8 Å². The average Bonchev–Trinajstić information content (AvgIpc) is 3.56. The van der Waals surface area contributed by atoms with Crippen LogP contribution >= 0.6 is 24.0 Å². The molecule has 6 rings (SSSR count). The first-order valence-corrected chi connectivity index (χ1v) is 14.0. The number of rotatable bonds is 7. The summed E-state index contributed by atoms with van der Waals surface area (Å²) in [7, 11) is 0. The molecule has 7 heteroatoms. The Kier molecular flexibility index (Phi) is 7.09. The fraction of sp³-hybridized carbons (Fsp3) is 0.125. The SMILES string of the molecule is Cc1ccc(Oc2ccc(N3C(=S)N[C@@H](c4ccccn4)[C@@H]3c3ccc(Sc4ccc(C)cc4)o3)cc2)cc1. The maximum absolute atomic E-state index is 6.44. The molecule has 0 saturated carbocycles. The highest BCUT2D eigenvalue weighted by Gasteiger charge is 2.42. The van der Waals surface area contributed by atoms with Gasteiger partial charge in [-0.05, 0) is 98.9 Å². The van der Waals surface area contributed by atoms with Gasteiger partial charge in [0.05, 0.1) is 11.7 Å². The van der Waals surface area contributed by atoms with E-state index in [0.29, 0.717) is 5.11 Å². The van der Waals surface area contributed by atoms with Crippen LogP contribution in [0.3, 0.4) is 0 Å². The number of hydrogen-bond donors (Lipinski definition) is 1. The van der Waals surface area contributed by atoms with Crippen molar-refractivity contribution in [2.75, 3.05) is 4.90 Å². The summed E-state index contributed by atoms with van der Waals surface area (Å²) in [5, 5.41) is 4.93. The first-order chi connectivity index (χ1) is 19.0. The van der Waals surface area contributed by atoms with E-state index < -0.39 is 0 Å². The number of ether oxygens (including phenoxy) is 1. The minimum Gasteiger partial charge on any atom is -0.457 e. The van der Waals surface area contributed by atoms with E-state index in [2.05, 4.69) is 53.3 Å². The molecule has 5 nitrogen and oxygen atoms in total. The van der Waals surface area contributed by atoms with Gasteiger partial charge in [0.25, 0.3) is 0 Å². The number of aromatic nitrogens is 1. The van der Waals surface area contributed by atoms with Gasteiger partial charge in [0.2, 0.25) is 0 Å². The summed E-state index contributed by atoms with van der Waals surface area (Å²) < 4.78 is 12.5. The molecule has 39 heavy (non-hydrogen) atoms. The summed E-state index contributed by atoms with van der Waals surface area (Å²) in [5.41, 5.74) is 4.26. The van der Waals surface area contributed by atoms with Crippen molar-refractivity contribution in [1.29, 1.82) is 0 Å². The molecule has 0 aliphatic carbocycles. The Hall–Kier alpha value is -4.07. The second kappa shape index (κ2) is 11.0. The van der Waals surface area contributed by atoms with Gasteiger partial charge in [0, 0.05) is 16.8 Å². The molecule has 3 heterocycles. The van der Waals surface area contributed by atoms with Gasteiger partial charge in [0.1, 0.15) is 23.3 Å². The van der Waals surface area contributed by atoms with Gasteiger partial charge in [-0.3, -0.25) is 4.98 Å². The fourth-order valence-electron chi connectivity index (χ4n) is 4.61. The Morgan fingerprint density at radius 3 is 2.15 bits per heavy atom. The zero-order valence-corrected chi connectivity index (χ0v) is 23.2. The third kappa shape index (κ3) is 5.55. The molecule has 0 unspecified atom stereocenters. The van der Waals surface area contributed by atoms with Crippen LogP contribution < -0.4 is 15.0 Å². The number of benzene rings is 3. The van der Waals surface area contributed by atoms with Crippen molar-refractivity contribution in [3.8, 4) is 11.5 Å². The van der Waals surface area contributed by atoms with Crippen molar-refractivity contribution in [2.45, 2.75) is 35.9 Å². The summed E-state index contributed by atoms with van der Waals surface area (Å²) in [5.74, 6) is 2.37. The van der Waals surface area contributed by atoms with Crippen molar-refractivity contribution in [2.24, 2.45) is 0 Å². The highest BCUT2D eigenvalue weighted by atomic mass is 32.2.